The molecule has 14 heavy (non-hydrogen) atoms. The Bertz CT molecular complexity index is 334. The number of rotatable bonds is 3. The molecule has 0 spiro atoms. The van der Waals surface area contributed by atoms with Gasteiger partial charge in [0.25, 0.3) is 0 Å². The van der Waals surface area contributed by atoms with Gasteiger partial charge in [-0.05, 0) is 37.1 Å². The third-order valence-corrected chi connectivity index (χ3v) is 1.82. The largest absolute Gasteiger partial charge is 0.427 e. The van der Waals surface area contributed by atoms with Gasteiger partial charge in [0, 0.05) is 6.42 Å². The van der Waals surface area contributed by atoms with E-state index in [-0.39, 0.29) is 11.8 Å². The molecule has 0 radical (unpaired) electrons. The first-order valence-electron chi connectivity index (χ1n) is 4.60. The Labute approximate surface area is 82.7 Å². The van der Waals surface area contributed by atoms with E-state index < -0.39 is 0 Å². The predicted octanol–water partition coefficient (Wildman–Crippen LogP) is 2.84. The third kappa shape index (κ3) is 2.83. The van der Waals surface area contributed by atoms with E-state index in [9.17, 15) is 9.18 Å². The van der Waals surface area contributed by atoms with Crippen molar-refractivity contribution in [1.82, 2.24) is 0 Å². The second kappa shape index (κ2) is 4.74. The van der Waals surface area contributed by atoms with Crippen LogP contribution in [0.25, 0.3) is 0 Å². The van der Waals surface area contributed by atoms with Crippen molar-refractivity contribution in [3.63, 3.8) is 0 Å². The molecule has 0 aliphatic carbocycles. The molecule has 1 rings (SSSR count). The van der Waals surface area contributed by atoms with Gasteiger partial charge in [0.05, 0.1) is 0 Å². The van der Waals surface area contributed by atoms with Crippen LogP contribution in [0, 0.1) is 12.7 Å². The van der Waals surface area contributed by atoms with Gasteiger partial charge in [-0.25, -0.2) is 4.39 Å². The summed E-state index contributed by atoms with van der Waals surface area (Å²) in [6.45, 7) is 3.53. The first-order chi connectivity index (χ1) is 6.63. The number of esters is 1. The zero-order valence-corrected chi connectivity index (χ0v) is 8.34. The molecule has 0 aliphatic heterocycles. The number of hydrogen-bond acceptors (Lipinski definition) is 2. The van der Waals surface area contributed by atoms with E-state index in [0.29, 0.717) is 17.7 Å². The molecule has 1 aromatic rings. The molecule has 2 nitrogen and oxygen atoms in total. The molecule has 76 valence electrons. The molecule has 0 aliphatic rings. The fraction of sp³-hybridized carbons (Fsp3) is 0.364. The lowest BCUT2D eigenvalue weighted by Crippen LogP contribution is -2.06. The first-order valence-corrected chi connectivity index (χ1v) is 4.60. The van der Waals surface area contributed by atoms with Crippen molar-refractivity contribution in [2.24, 2.45) is 0 Å². The highest BCUT2D eigenvalue weighted by molar-refractivity contribution is 5.72. The van der Waals surface area contributed by atoms with E-state index in [4.69, 9.17) is 4.74 Å². The number of aryl methyl sites for hydroxylation is 1. The maximum Gasteiger partial charge on any atom is 0.311 e. The Morgan fingerprint density at radius 2 is 2.21 bits per heavy atom. The lowest BCUT2D eigenvalue weighted by molar-refractivity contribution is -0.134. The first kappa shape index (κ1) is 10.7. The molecule has 0 atom stereocenters. The van der Waals surface area contributed by atoms with Gasteiger partial charge in [0.2, 0.25) is 0 Å². The Hall–Kier alpha value is -1.38. The number of halogens is 1. The Morgan fingerprint density at radius 3 is 2.79 bits per heavy atom. The number of carbonyl (C=O) groups excluding carboxylic acids is 1. The maximum atomic E-state index is 12.8. The van der Waals surface area contributed by atoms with E-state index >= 15 is 0 Å². The van der Waals surface area contributed by atoms with Crippen LogP contribution >= 0.6 is 0 Å². The molecule has 0 aromatic heterocycles. The van der Waals surface area contributed by atoms with Crippen molar-refractivity contribution >= 4 is 5.97 Å². The number of carbonyl (C=O) groups is 1. The van der Waals surface area contributed by atoms with Crippen molar-refractivity contribution in [3.8, 4) is 5.75 Å². The van der Waals surface area contributed by atoms with Crippen molar-refractivity contribution in [2.45, 2.75) is 26.7 Å². The summed E-state index contributed by atoms with van der Waals surface area (Å²) in [4.78, 5) is 11.1. The Kier molecular flexibility index (Phi) is 3.63. The standard InChI is InChI=1S/C11H13FO2/c1-3-4-11(13)14-9-5-6-10(12)8(2)7-9/h5-7H,3-4H2,1-2H3. The summed E-state index contributed by atoms with van der Waals surface area (Å²) in [6.07, 6.45) is 1.13. The van der Waals surface area contributed by atoms with E-state index in [1.54, 1.807) is 6.92 Å². The fourth-order valence-corrected chi connectivity index (χ4v) is 1.07. The van der Waals surface area contributed by atoms with Crippen LogP contribution in [-0.2, 0) is 4.79 Å². The average Bonchev–Trinajstić information content (AvgIpc) is 2.12. The van der Waals surface area contributed by atoms with E-state index in [2.05, 4.69) is 0 Å². The quantitative estimate of drug-likeness (QED) is 0.549. The van der Waals surface area contributed by atoms with Gasteiger partial charge in [0.15, 0.2) is 0 Å². The highest BCUT2D eigenvalue weighted by atomic mass is 19.1. The van der Waals surface area contributed by atoms with Gasteiger partial charge in [-0.15, -0.1) is 0 Å². The van der Waals surface area contributed by atoms with Gasteiger partial charge in [-0.1, -0.05) is 6.92 Å². The molecule has 0 fully saturated rings. The molecule has 0 saturated heterocycles. The van der Waals surface area contributed by atoms with Crippen LogP contribution in [0.15, 0.2) is 18.2 Å². The number of ether oxygens (including phenoxy) is 1. The Morgan fingerprint density at radius 1 is 1.50 bits per heavy atom. The molecule has 1 aromatic carbocycles. The lowest BCUT2D eigenvalue weighted by atomic mass is 10.2. The molecule has 0 heterocycles. The maximum absolute atomic E-state index is 12.8. The minimum absolute atomic E-state index is 0.279. The van der Waals surface area contributed by atoms with Crippen molar-refractivity contribution in [2.75, 3.05) is 0 Å². The normalized spacial score (nSPS) is 9.93. The zero-order chi connectivity index (χ0) is 10.6. The number of hydrogen-bond donors (Lipinski definition) is 0. The average molecular weight is 196 g/mol. The summed E-state index contributed by atoms with van der Waals surface area (Å²) in [7, 11) is 0. The second-order valence-electron chi connectivity index (χ2n) is 3.14. The third-order valence-electron chi connectivity index (χ3n) is 1.82. The van der Waals surface area contributed by atoms with Gasteiger partial charge in [-0.2, -0.15) is 0 Å². The number of benzene rings is 1. The fourth-order valence-electron chi connectivity index (χ4n) is 1.07. The highest BCUT2D eigenvalue weighted by Gasteiger charge is 2.04. The smallest absolute Gasteiger partial charge is 0.311 e. The summed E-state index contributed by atoms with van der Waals surface area (Å²) >= 11 is 0. The van der Waals surface area contributed by atoms with Crippen LogP contribution in [0.1, 0.15) is 25.3 Å². The molecule has 0 saturated carbocycles. The van der Waals surface area contributed by atoms with E-state index in [1.165, 1.54) is 18.2 Å². The van der Waals surface area contributed by atoms with Crippen LogP contribution in [0.5, 0.6) is 5.75 Å². The van der Waals surface area contributed by atoms with Crippen molar-refractivity contribution in [3.05, 3.63) is 29.6 Å². The summed E-state index contributed by atoms with van der Waals surface area (Å²) < 4.78 is 17.8. The zero-order valence-electron chi connectivity index (χ0n) is 8.34. The van der Waals surface area contributed by atoms with Crippen LogP contribution in [0.3, 0.4) is 0 Å². The van der Waals surface area contributed by atoms with Crippen molar-refractivity contribution in [1.29, 1.82) is 0 Å². The lowest BCUT2D eigenvalue weighted by Gasteiger charge is -2.04. The summed E-state index contributed by atoms with van der Waals surface area (Å²) in [5.41, 5.74) is 0.479. The van der Waals surface area contributed by atoms with E-state index in [1.807, 2.05) is 6.92 Å². The topological polar surface area (TPSA) is 26.3 Å². The molecule has 3 heteroatoms. The van der Waals surface area contributed by atoms with Crippen molar-refractivity contribution < 1.29 is 13.9 Å². The van der Waals surface area contributed by atoms with Crippen LogP contribution in [0.2, 0.25) is 0 Å². The van der Waals surface area contributed by atoms with Crippen LogP contribution in [0.4, 0.5) is 4.39 Å². The van der Waals surface area contributed by atoms with Gasteiger partial charge in [-0.3, -0.25) is 4.79 Å². The molecule has 0 amide bonds. The van der Waals surface area contributed by atoms with Crippen LogP contribution < -0.4 is 4.74 Å². The predicted molar refractivity (Wildman–Crippen MR) is 51.7 cm³/mol. The minimum atomic E-state index is -0.291. The molecule has 0 N–H and O–H groups in total. The minimum Gasteiger partial charge on any atom is -0.427 e. The van der Waals surface area contributed by atoms with Gasteiger partial charge < -0.3 is 4.74 Å². The second-order valence-corrected chi connectivity index (χ2v) is 3.14. The molecule has 0 unspecified atom stereocenters. The summed E-state index contributed by atoms with van der Waals surface area (Å²) in [6, 6.07) is 4.27. The Balaban J connectivity index is 2.68. The monoisotopic (exact) mass is 196 g/mol. The van der Waals surface area contributed by atoms with E-state index in [0.717, 1.165) is 6.42 Å². The molecular weight excluding hydrogens is 183 g/mol. The van der Waals surface area contributed by atoms with Gasteiger partial charge in [0.1, 0.15) is 11.6 Å². The van der Waals surface area contributed by atoms with Gasteiger partial charge >= 0.3 is 5.97 Å². The molecular formula is C11H13FO2. The van der Waals surface area contributed by atoms with Crippen LogP contribution in [-0.4, -0.2) is 5.97 Å². The molecule has 0 bridgehead atoms. The highest BCUT2D eigenvalue weighted by Crippen LogP contribution is 2.16. The summed E-state index contributed by atoms with van der Waals surface area (Å²) in [5.74, 6) is -0.166. The SMILES string of the molecule is CCCC(=O)Oc1ccc(F)c(C)c1. The summed E-state index contributed by atoms with van der Waals surface area (Å²) in [5, 5.41) is 0.